The van der Waals surface area contributed by atoms with Gasteiger partial charge in [0.05, 0.1) is 5.56 Å². The highest BCUT2D eigenvalue weighted by Gasteiger charge is 2.18. The maximum atomic E-state index is 13.3. The Labute approximate surface area is 98.0 Å². The van der Waals surface area contributed by atoms with Crippen LogP contribution in [0.5, 0.6) is 0 Å². The van der Waals surface area contributed by atoms with Crippen LogP contribution in [0.1, 0.15) is 5.56 Å². The van der Waals surface area contributed by atoms with Gasteiger partial charge in [-0.05, 0) is 12.1 Å². The molecule has 80 valence electrons. The molecule has 0 fully saturated rings. The number of aliphatic hydroxyl groups excluding tert-OH is 1. The zero-order valence-electron chi connectivity index (χ0n) is 7.63. The van der Waals surface area contributed by atoms with E-state index in [1.807, 2.05) is 0 Å². The first kappa shape index (κ1) is 12.2. The molecule has 1 N–H and O–H groups in total. The number of nitrogens with zero attached hydrogens (tertiary/aromatic N) is 2. The predicted molar refractivity (Wildman–Crippen MR) is 54.8 cm³/mol. The van der Waals surface area contributed by atoms with Crippen LogP contribution >= 0.6 is 15.9 Å². The van der Waals surface area contributed by atoms with E-state index >= 15 is 0 Å². The van der Waals surface area contributed by atoms with Gasteiger partial charge in [0.15, 0.2) is 11.3 Å². The Bertz CT molecular complexity index is 516. The second kappa shape index (κ2) is 4.73. The molecule has 0 aliphatic heterocycles. The fourth-order valence-corrected chi connectivity index (χ4v) is 1.43. The Hall–Kier alpha value is -1.92. The second-order valence-electron chi connectivity index (χ2n) is 2.69. The van der Waals surface area contributed by atoms with E-state index in [2.05, 4.69) is 15.9 Å². The summed E-state index contributed by atoms with van der Waals surface area (Å²) < 4.78 is 26.8. The maximum Gasteiger partial charge on any atom is 0.172 e. The van der Waals surface area contributed by atoms with Crippen molar-refractivity contribution in [2.24, 2.45) is 0 Å². The van der Waals surface area contributed by atoms with Gasteiger partial charge in [-0.1, -0.05) is 15.9 Å². The third-order valence-corrected chi connectivity index (χ3v) is 2.16. The van der Waals surface area contributed by atoms with Crippen molar-refractivity contribution in [3.8, 4) is 12.1 Å². The Kier molecular flexibility index (Phi) is 3.60. The summed E-state index contributed by atoms with van der Waals surface area (Å²) in [5, 5.41) is 26.3. The molecule has 3 nitrogen and oxygen atoms in total. The van der Waals surface area contributed by atoms with Crippen molar-refractivity contribution in [2.75, 3.05) is 0 Å². The molecule has 1 aromatic carbocycles. The van der Waals surface area contributed by atoms with Crippen molar-refractivity contribution in [2.45, 2.75) is 0 Å². The highest BCUT2D eigenvalue weighted by molar-refractivity contribution is 9.10. The molecule has 6 heteroatoms. The second-order valence-corrected chi connectivity index (χ2v) is 3.61. The quantitative estimate of drug-likeness (QED) is 0.637. The molecule has 0 heterocycles. The number of rotatable bonds is 1. The summed E-state index contributed by atoms with van der Waals surface area (Å²) in [7, 11) is 0. The zero-order valence-corrected chi connectivity index (χ0v) is 9.22. The molecule has 0 unspecified atom stereocenters. The molecule has 0 aliphatic rings. The summed E-state index contributed by atoms with van der Waals surface area (Å²) in [5.74, 6) is -3.13. The van der Waals surface area contributed by atoms with Crippen LogP contribution in [0.2, 0.25) is 0 Å². The van der Waals surface area contributed by atoms with Gasteiger partial charge in [0.1, 0.15) is 23.8 Å². The standard InChI is InChI=1S/C10H3BrF2N2O/c11-6-1-7(12)9(8(13)2-6)10(16)5(3-14)4-15/h1-2,16H. The summed E-state index contributed by atoms with van der Waals surface area (Å²) in [6.45, 7) is 0. The van der Waals surface area contributed by atoms with Crippen LogP contribution in [0.3, 0.4) is 0 Å². The van der Waals surface area contributed by atoms with Crippen molar-refractivity contribution in [3.63, 3.8) is 0 Å². The minimum Gasteiger partial charge on any atom is -0.505 e. The fraction of sp³-hybridized carbons (Fsp3) is 0. The molecule has 0 bridgehead atoms. The average molecular weight is 285 g/mol. The zero-order chi connectivity index (χ0) is 12.3. The van der Waals surface area contributed by atoms with E-state index in [0.29, 0.717) is 0 Å². The number of aliphatic hydroxyl groups is 1. The summed E-state index contributed by atoms with van der Waals surface area (Å²) in [6, 6.07) is 4.52. The lowest BCUT2D eigenvalue weighted by atomic mass is 10.1. The van der Waals surface area contributed by atoms with Gasteiger partial charge in [-0.3, -0.25) is 0 Å². The number of hydrogen-bond acceptors (Lipinski definition) is 3. The monoisotopic (exact) mass is 284 g/mol. The summed E-state index contributed by atoms with van der Waals surface area (Å²) in [5.41, 5.74) is -1.54. The van der Waals surface area contributed by atoms with E-state index in [9.17, 15) is 13.9 Å². The first-order chi connectivity index (χ1) is 7.51. The predicted octanol–water partition coefficient (Wildman–Crippen LogP) is 3.04. The van der Waals surface area contributed by atoms with Crippen LogP contribution in [0.15, 0.2) is 22.2 Å². The number of hydrogen-bond donors (Lipinski definition) is 1. The SMILES string of the molecule is N#CC(C#N)=C(O)c1c(F)cc(Br)cc1F. The summed E-state index contributed by atoms with van der Waals surface area (Å²) in [4.78, 5) is 0. The van der Waals surface area contributed by atoms with Crippen LogP contribution in [-0.4, -0.2) is 5.11 Å². The van der Waals surface area contributed by atoms with E-state index in [1.54, 1.807) is 0 Å². The van der Waals surface area contributed by atoms with E-state index in [4.69, 9.17) is 10.5 Å². The first-order valence-corrected chi connectivity index (χ1v) is 4.69. The molecule has 16 heavy (non-hydrogen) atoms. The van der Waals surface area contributed by atoms with Crippen LogP contribution in [0, 0.1) is 34.3 Å². The van der Waals surface area contributed by atoms with Gasteiger partial charge in [0, 0.05) is 4.47 Å². The van der Waals surface area contributed by atoms with Gasteiger partial charge in [-0.25, -0.2) is 8.78 Å². The lowest BCUT2D eigenvalue weighted by Crippen LogP contribution is -1.97. The summed E-state index contributed by atoms with van der Waals surface area (Å²) >= 11 is 2.86. The van der Waals surface area contributed by atoms with Gasteiger partial charge in [0.2, 0.25) is 0 Å². The molecule has 1 aromatic rings. The summed E-state index contributed by atoms with van der Waals surface area (Å²) in [6.07, 6.45) is 0. The normalized spacial score (nSPS) is 9.06. The van der Waals surface area contributed by atoms with Gasteiger partial charge in [0.25, 0.3) is 0 Å². The minimum absolute atomic E-state index is 0.148. The van der Waals surface area contributed by atoms with Crippen LogP contribution < -0.4 is 0 Å². The third-order valence-electron chi connectivity index (χ3n) is 1.70. The maximum absolute atomic E-state index is 13.3. The molecule has 0 saturated heterocycles. The van der Waals surface area contributed by atoms with Crippen LogP contribution in [0.4, 0.5) is 8.78 Å². The topological polar surface area (TPSA) is 67.8 Å². The van der Waals surface area contributed by atoms with E-state index < -0.39 is 28.5 Å². The van der Waals surface area contributed by atoms with Crippen LogP contribution in [-0.2, 0) is 0 Å². The van der Waals surface area contributed by atoms with E-state index in [0.717, 1.165) is 12.1 Å². The van der Waals surface area contributed by atoms with E-state index in [-0.39, 0.29) is 4.47 Å². The van der Waals surface area contributed by atoms with Gasteiger partial charge in [-0.2, -0.15) is 10.5 Å². The first-order valence-electron chi connectivity index (χ1n) is 3.89. The Morgan fingerprint density at radius 3 is 2.00 bits per heavy atom. The molecule has 1 rings (SSSR count). The van der Waals surface area contributed by atoms with Crippen molar-refractivity contribution < 1.29 is 13.9 Å². The number of allylic oxidation sites excluding steroid dienone is 1. The Morgan fingerprint density at radius 2 is 1.62 bits per heavy atom. The smallest absolute Gasteiger partial charge is 0.172 e. The lowest BCUT2D eigenvalue weighted by Gasteiger charge is -2.04. The van der Waals surface area contributed by atoms with Crippen molar-refractivity contribution in [1.82, 2.24) is 0 Å². The number of benzene rings is 1. The number of nitriles is 2. The molecule has 0 aromatic heterocycles. The third kappa shape index (κ3) is 2.18. The average Bonchev–Trinajstić information content (AvgIpc) is 2.17. The fourth-order valence-electron chi connectivity index (χ4n) is 1.02. The van der Waals surface area contributed by atoms with Crippen molar-refractivity contribution in [1.29, 1.82) is 10.5 Å². The Balaban J connectivity index is 3.54. The van der Waals surface area contributed by atoms with Gasteiger partial charge >= 0.3 is 0 Å². The molecule has 0 amide bonds. The molecule has 0 spiro atoms. The lowest BCUT2D eigenvalue weighted by molar-refractivity contribution is 0.486. The molecule has 0 atom stereocenters. The Morgan fingerprint density at radius 1 is 1.19 bits per heavy atom. The molecule has 0 saturated carbocycles. The minimum atomic E-state index is -1.06. The largest absolute Gasteiger partial charge is 0.505 e. The van der Waals surface area contributed by atoms with Crippen LogP contribution in [0.25, 0.3) is 5.76 Å². The number of halogens is 3. The molecule has 0 radical (unpaired) electrons. The molecule has 0 aliphatic carbocycles. The molecular weight excluding hydrogens is 282 g/mol. The van der Waals surface area contributed by atoms with Crippen molar-refractivity contribution in [3.05, 3.63) is 39.4 Å². The van der Waals surface area contributed by atoms with Gasteiger partial charge in [-0.15, -0.1) is 0 Å². The highest BCUT2D eigenvalue weighted by Crippen LogP contribution is 2.25. The molecular formula is C10H3BrF2N2O. The van der Waals surface area contributed by atoms with Gasteiger partial charge < -0.3 is 5.11 Å². The highest BCUT2D eigenvalue weighted by atomic mass is 79.9. The van der Waals surface area contributed by atoms with Crippen molar-refractivity contribution >= 4 is 21.7 Å². The van der Waals surface area contributed by atoms with E-state index in [1.165, 1.54) is 12.1 Å².